The Hall–Kier alpha value is -2.14. The highest BCUT2D eigenvalue weighted by molar-refractivity contribution is 5.95. The Balaban J connectivity index is 1.52. The van der Waals surface area contributed by atoms with Gasteiger partial charge in [-0.2, -0.15) is 5.10 Å². The fraction of sp³-hybridized carbons (Fsp3) is 0.565. The average Bonchev–Trinajstić information content (AvgIpc) is 3.31. The Morgan fingerprint density at radius 1 is 1.11 bits per heavy atom. The van der Waals surface area contributed by atoms with Crippen molar-refractivity contribution in [1.29, 1.82) is 0 Å². The van der Waals surface area contributed by atoms with Crippen LogP contribution in [0.1, 0.15) is 52.9 Å². The summed E-state index contributed by atoms with van der Waals surface area (Å²) in [7, 11) is 0. The monoisotopic (exact) mass is 378 g/mol. The molecule has 1 aromatic carbocycles. The molecule has 0 N–H and O–H groups in total. The topological polar surface area (TPSA) is 41.4 Å². The Kier molecular flexibility index (Phi) is 4.31. The lowest BCUT2D eigenvalue weighted by Crippen LogP contribution is -2.60. The lowest BCUT2D eigenvalue weighted by molar-refractivity contribution is -0.00343. The quantitative estimate of drug-likeness (QED) is 0.823. The van der Waals surface area contributed by atoms with Gasteiger partial charge in [0, 0.05) is 30.7 Å². The number of aromatic nitrogens is 2. The van der Waals surface area contributed by atoms with Crippen molar-refractivity contribution in [2.75, 3.05) is 19.6 Å². The Morgan fingerprint density at radius 2 is 1.82 bits per heavy atom. The minimum absolute atomic E-state index is 0.176. The number of carbonyl (C=O) groups is 1. The Morgan fingerprint density at radius 3 is 2.46 bits per heavy atom. The minimum atomic E-state index is 0.176. The molecule has 28 heavy (non-hydrogen) atoms. The van der Waals surface area contributed by atoms with Crippen molar-refractivity contribution in [2.24, 2.45) is 5.92 Å². The third-order valence-corrected chi connectivity index (χ3v) is 7.39. The molecule has 148 valence electrons. The number of carbonyl (C=O) groups excluding carboxylic acids is 1. The molecule has 4 fully saturated rings. The van der Waals surface area contributed by atoms with Crippen molar-refractivity contribution in [1.82, 2.24) is 19.6 Å². The summed E-state index contributed by atoms with van der Waals surface area (Å²) in [5.41, 5.74) is 4.44. The number of rotatable bonds is 3. The maximum atomic E-state index is 13.6. The van der Waals surface area contributed by atoms with E-state index in [0.717, 1.165) is 24.3 Å². The van der Waals surface area contributed by atoms with Gasteiger partial charge in [0.15, 0.2) is 0 Å². The molecule has 1 amide bonds. The lowest BCUT2D eigenvalue weighted by Gasteiger charge is -2.51. The van der Waals surface area contributed by atoms with Gasteiger partial charge in [-0.15, -0.1) is 0 Å². The summed E-state index contributed by atoms with van der Waals surface area (Å²) in [6.45, 7) is 10.2. The van der Waals surface area contributed by atoms with E-state index in [1.54, 1.807) is 6.20 Å². The second kappa shape index (κ2) is 6.73. The molecule has 0 aliphatic carbocycles. The maximum Gasteiger partial charge on any atom is 0.257 e. The van der Waals surface area contributed by atoms with Crippen molar-refractivity contribution in [3.63, 3.8) is 0 Å². The number of fused-ring (bicyclic) bond motifs is 2. The third-order valence-electron chi connectivity index (χ3n) is 7.39. The molecular formula is C23H30N4O. The van der Waals surface area contributed by atoms with Crippen LogP contribution in [0.5, 0.6) is 0 Å². The standard InChI is InChI=1S/C23H30N4O/c1-4-27-16(3)19(13-24-27)23(28)26-14-20(17-7-5-15(2)6-8-17)22-21(26)18-9-11-25(22)12-10-18/h5-8,13,18,20-22H,4,9-12,14H2,1-3H3/t20-,21+,22+/m0/s1. The number of hydrogen-bond acceptors (Lipinski definition) is 3. The number of nitrogens with zero attached hydrogens (tertiary/aromatic N) is 4. The molecule has 4 aliphatic rings. The number of hydrogen-bond donors (Lipinski definition) is 0. The molecule has 4 saturated heterocycles. The summed E-state index contributed by atoms with van der Waals surface area (Å²) >= 11 is 0. The van der Waals surface area contributed by atoms with E-state index < -0.39 is 0 Å². The fourth-order valence-electron chi connectivity index (χ4n) is 5.89. The van der Waals surface area contributed by atoms with E-state index in [4.69, 9.17) is 0 Å². The van der Waals surface area contributed by atoms with Crippen LogP contribution in [0.4, 0.5) is 0 Å². The van der Waals surface area contributed by atoms with Crippen molar-refractivity contribution >= 4 is 5.91 Å². The van der Waals surface area contributed by atoms with Crippen molar-refractivity contribution in [2.45, 2.75) is 58.2 Å². The largest absolute Gasteiger partial charge is 0.333 e. The molecule has 0 unspecified atom stereocenters. The zero-order valence-electron chi connectivity index (χ0n) is 17.1. The first-order valence-electron chi connectivity index (χ1n) is 10.7. The van der Waals surface area contributed by atoms with Crippen LogP contribution in [0.15, 0.2) is 30.5 Å². The minimum Gasteiger partial charge on any atom is -0.333 e. The zero-order chi connectivity index (χ0) is 19.4. The fourth-order valence-corrected chi connectivity index (χ4v) is 5.89. The second-order valence-corrected chi connectivity index (χ2v) is 8.79. The van der Waals surface area contributed by atoms with Crippen LogP contribution in [0, 0.1) is 19.8 Å². The average molecular weight is 379 g/mol. The summed E-state index contributed by atoms with van der Waals surface area (Å²) < 4.78 is 1.93. The SMILES string of the molecule is CCn1ncc(C(=O)N2C[C@@H](c3ccc(C)cc3)[C@@H]3[C@H]2C2CCN3CC2)c1C. The highest BCUT2D eigenvalue weighted by atomic mass is 16.2. The van der Waals surface area contributed by atoms with Crippen LogP contribution in [0.3, 0.4) is 0 Å². The summed E-state index contributed by atoms with van der Waals surface area (Å²) in [5, 5.41) is 4.42. The van der Waals surface area contributed by atoms with E-state index >= 15 is 0 Å². The van der Waals surface area contributed by atoms with Crippen molar-refractivity contribution < 1.29 is 4.79 Å². The molecule has 1 aromatic heterocycles. The second-order valence-electron chi connectivity index (χ2n) is 8.79. The zero-order valence-corrected chi connectivity index (χ0v) is 17.1. The first-order chi connectivity index (χ1) is 13.6. The lowest BCUT2D eigenvalue weighted by atomic mass is 9.75. The normalized spacial score (nSPS) is 31.2. The van der Waals surface area contributed by atoms with Gasteiger partial charge in [0.25, 0.3) is 5.91 Å². The Labute approximate surface area is 167 Å². The van der Waals surface area contributed by atoms with E-state index in [0.29, 0.717) is 23.9 Å². The smallest absolute Gasteiger partial charge is 0.257 e. The van der Waals surface area contributed by atoms with E-state index in [9.17, 15) is 4.79 Å². The van der Waals surface area contributed by atoms with E-state index in [2.05, 4.69) is 53.0 Å². The van der Waals surface area contributed by atoms with Gasteiger partial charge >= 0.3 is 0 Å². The molecule has 5 heteroatoms. The Bertz CT molecular complexity index is 879. The van der Waals surface area contributed by atoms with Gasteiger partial charge in [-0.1, -0.05) is 29.8 Å². The van der Waals surface area contributed by atoms with Crippen LogP contribution >= 0.6 is 0 Å². The number of aryl methyl sites for hydroxylation is 2. The van der Waals surface area contributed by atoms with Crippen molar-refractivity contribution in [3.05, 3.63) is 52.8 Å². The maximum absolute atomic E-state index is 13.6. The predicted molar refractivity (Wildman–Crippen MR) is 109 cm³/mol. The highest BCUT2D eigenvalue weighted by Crippen LogP contribution is 2.47. The summed E-state index contributed by atoms with van der Waals surface area (Å²) in [4.78, 5) is 18.5. The molecular weight excluding hydrogens is 348 g/mol. The van der Waals surface area contributed by atoms with E-state index in [-0.39, 0.29) is 5.91 Å². The van der Waals surface area contributed by atoms with Gasteiger partial charge in [0.1, 0.15) is 0 Å². The third kappa shape index (κ3) is 2.63. The van der Waals surface area contributed by atoms with Gasteiger partial charge < -0.3 is 4.90 Å². The van der Waals surface area contributed by atoms with Gasteiger partial charge in [0.05, 0.1) is 17.8 Å². The molecule has 0 radical (unpaired) electrons. The van der Waals surface area contributed by atoms with Gasteiger partial charge in [0.2, 0.25) is 0 Å². The van der Waals surface area contributed by atoms with Gasteiger partial charge in [-0.3, -0.25) is 14.4 Å². The van der Waals surface area contributed by atoms with Crippen LogP contribution in [-0.2, 0) is 6.54 Å². The number of piperidine rings is 3. The molecule has 3 atom stereocenters. The summed E-state index contributed by atoms with van der Waals surface area (Å²) in [6, 6.07) is 9.76. The van der Waals surface area contributed by atoms with Gasteiger partial charge in [-0.05, 0) is 58.2 Å². The molecule has 0 spiro atoms. The van der Waals surface area contributed by atoms with Gasteiger partial charge in [-0.25, -0.2) is 0 Å². The van der Waals surface area contributed by atoms with Crippen LogP contribution in [0.25, 0.3) is 0 Å². The van der Waals surface area contributed by atoms with Crippen LogP contribution in [0.2, 0.25) is 0 Å². The molecule has 5 nitrogen and oxygen atoms in total. The number of amides is 1. The van der Waals surface area contributed by atoms with Crippen molar-refractivity contribution in [3.8, 4) is 0 Å². The highest BCUT2D eigenvalue weighted by Gasteiger charge is 2.54. The molecule has 2 bridgehead atoms. The first kappa shape index (κ1) is 17.9. The molecule has 2 aromatic rings. The predicted octanol–water partition coefficient (Wildman–Crippen LogP) is 3.22. The van der Waals surface area contributed by atoms with E-state index in [1.165, 1.54) is 37.1 Å². The molecule has 6 rings (SSSR count). The molecule has 5 heterocycles. The summed E-state index contributed by atoms with van der Waals surface area (Å²) in [5.74, 6) is 1.21. The summed E-state index contributed by atoms with van der Waals surface area (Å²) in [6.07, 6.45) is 4.22. The number of benzene rings is 1. The van der Waals surface area contributed by atoms with Crippen LogP contribution in [-0.4, -0.2) is 57.2 Å². The first-order valence-corrected chi connectivity index (χ1v) is 10.7. The molecule has 4 aliphatic heterocycles. The van der Waals surface area contributed by atoms with E-state index in [1.807, 2.05) is 11.6 Å². The van der Waals surface area contributed by atoms with Crippen LogP contribution < -0.4 is 0 Å². The number of likely N-dealkylation sites (tertiary alicyclic amines) is 1. The molecule has 0 saturated carbocycles.